The fourth-order valence-corrected chi connectivity index (χ4v) is 3.38. The molecule has 0 bridgehead atoms. The summed E-state index contributed by atoms with van der Waals surface area (Å²) in [7, 11) is 0. The van der Waals surface area contributed by atoms with Crippen LogP contribution in [0.4, 0.5) is 0 Å². The number of aliphatic hydroxyl groups is 1. The number of aliphatic hydroxyl groups excluding tert-OH is 1. The van der Waals surface area contributed by atoms with Gasteiger partial charge in [-0.1, -0.05) is 19.8 Å². The Labute approximate surface area is 119 Å². The Hall–Kier alpha value is -0.120. The average Bonchev–Trinajstić information content (AvgIpc) is 2.38. The highest BCUT2D eigenvalue weighted by Gasteiger charge is 2.25. The van der Waals surface area contributed by atoms with Crippen LogP contribution in [0.5, 0.6) is 0 Å². The highest BCUT2D eigenvalue weighted by Crippen LogP contribution is 2.23. The molecule has 1 aliphatic rings. The number of likely N-dealkylation sites (N-methyl/N-ethyl adjacent to an activating group) is 1. The standard InChI is InChI=1S/C16H34N2O/c1-5-17-16(4,13-19)11-6-7-12-18-14(2)9-8-10-15(18)3/h14-15,17,19H,5-13H2,1-4H3. The largest absolute Gasteiger partial charge is 0.394 e. The zero-order valence-electron chi connectivity index (χ0n) is 13.4. The number of rotatable bonds is 8. The van der Waals surface area contributed by atoms with E-state index in [-0.39, 0.29) is 12.1 Å². The minimum Gasteiger partial charge on any atom is -0.394 e. The zero-order valence-corrected chi connectivity index (χ0v) is 13.4. The molecule has 0 aromatic carbocycles. The number of hydrogen-bond acceptors (Lipinski definition) is 3. The molecule has 0 spiro atoms. The van der Waals surface area contributed by atoms with E-state index >= 15 is 0 Å². The average molecular weight is 270 g/mol. The van der Waals surface area contributed by atoms with Crippen LogP contribution in [-0.2, 0) is 0 Å². The van der Waals surface area contributed by atoms with Gasteiger partial charge in [0, 0.05) is 17.6 Å². The number of unbranched alkanes of at least 4 members (excludes halogenated alkanes) is 1. The third-order valence-corrected chi connectivity index (χ3v) is 4.72. The van der Waals surface area contributed by atoms with Gasteiger partial charge >= 0.3 is 0 Å². The number of nitrogens with one attached hydrogen (secondary N) is 1. The van der Waals surface area contributed by atoms with Crippen LogP contribution < -0.4 is 5.32 Å². The fourth-order valence-electron chi connectivity index (χ4n) is 3.38. The third kappa shape index (κ3) is 5.41. The number of hydrogen-bond donors (Lipinski definition) is 2. The molecule has 0 aromatic heterocycles. The first-order valence-electron chi connectivity index (χ1n) is 8.14. The van der Waals surface area contributed by atoms with Crippen molar-refractivity contribution in [2.45, 2.75) is 83.8 Å². The molecule has 114 valence electrons. The summed E-state index contributed by atoms with van der Waals surface area (Å²) in [6, 6.07) is 1.50. The minimum absolute atomic E-state index is 0.0894. The highest BCUT2D eigenvalue weighted by atomic mass is 16.3. The van der Waals surface area contributed by atoms with Crippen LogP contribution in [0.15, 0.2) is 0 Å². The highest BCUT2D eigenvalue weighted by molar-refractivity contribution is 4.83. The molecule has 3 unspecified atom stereocenters. The lowest BCUT2D eigenvalue weighted by Crippen LogP contribution is -2.46. The first-order valence-corrected chi connectivity index (χ1v) is 8.14. The van der Waals surface area contributed by atoms with Crippen molar-refractivity contribution in [2.24, 2.45) is 0 Å². The molecule has 0 amide bonds. The Kier molecular flexibility index (Phi) is 7.33. The number of likely N-dealkylation sites (tertiary alicyclic amines) is 1. The maximum absolute atomic E-state index is 9.48. The molecule has 1 heterocycles. The molecule has 1 aliphatic heterocycles. The zero-order chi connectivity index (χ0) is 14.3. The molecular weight excluding hydrogens is 236 g/mol. The molecule has 19 heavy (non-hydrogen) atoms. The van der Waals surface area contributed by atoms with Gasteiger partial charge in [-0.15, -0.1) is 0 Å². The van der Waals surface area contributed by atoms with E-state index in [1.54, 1.807) is 0 Å². The van der Waals surface area contributed by atoms with Crippen LogP contribution in [0, 0.1) is 0 Å². The van der Waals surface area contributed by atoms with Crippen molar-refractivity contribution in [1.29, 1.82) is 0 Å². The fraction of sp³-hybridized carbons (Fsp3) is 1.00. The summed E-state index contributed by atoms with van der Waals surface area (Å²) in [6.07, 6.45) is 7.61. The van der Waals surface area contributed by atoms with E-state index in [9.17, 15) is 5.11 Å². The SMILES string of the molecule is CCNC(C)(CO)CCCCN1C(C)CCCC1C. The molecule has 0 radical (unpaired) electrons. The van der Waals surface area contributed by atoms with Gasteiger partial charge in [0.2, 0.25) is 0 Å². The van der Waals surface area contributed by atoms with Crippen molar-refractivity contribution in [2.75, 3.05) is 19.7 Å². The Balaban J connectivity index is 2.25. The predicted octanol–water partition coefficient (Wildman–Crippen LogP) is 2.78. The van der Waals surface area contributed by atoms with E-state index in [4.69, 9.17) is 0 Å². The number of nitrogens with zero attached hydrogens (tertiary/aromatic N) is 1. The van der Waals surface area contributed by atoms with Crippen molar-refractivity contribution in [3.8, 4) is 0 Å². The second-order valence-electron chi connectivity index (χ2n) is 6.57. The molecule has 3 nitrogen and oxygen atoms in total. The Morgan fingerprint density at radius 1 is 1.21 bits per heavy atom. The topological polar surface area (TPSA) is 35.5 Å². The predicted molar refractivity (Wildman–Crippen MR) is 82.5 cm³/mol. The van der Waals surface area contributed by atoms with E-state index in [0.717, 1.165) is 25.0 Å². The number of piperidine rings is 1. The molecule has 3 heteroatoms. The van der Waals surface area contributed by atoms with Crippen molar-refractivity contribution in [3.05, 3.63) is 0 Å². The molecule has 1 fully saturated rings. The lowest BCUT2D eigenvalue weighted by molar-refractivity contribution is 0.0985. The quantitative estimate of drug-likeness (QED) is 0.666. The monoisotopic (exact) mass is 270 g/mol. The smallest absolute Gasteiger partial charge is 0.0610 e. The Bertz CT molecular complexity index is 237. The van der Waals surface area contributed by atoms with Gasteiger partial charge in [-0.05, 0) is 59.5 Å². The molecule has 1 rings (SSSR count). The van der Waals surface area contributed by atoms with Crippen LogP contribution >= 0.6 is 0 Å². The van der Waals surface area contributed by atoms with E-state index in [1.165, 1.54) is 38.6 Å². The van der Waals surface area contributed by atoms with E-state index in [1.807, 2.05) is 0 Å². The van der Waals surface area contributed by atoms with Crippen LogP contribution in [0.2, 0.25) is 0 Å². The lowest BCUT2D eigenvalue weighted by Gasteiger charge is -2.39. The summed E-state index contributed by atoms with van der Waals surface area (Å²) in [4.78, 5) is 2.67. The minimum atomic E-state index is -0.0894. The molecule has 3 atom stereocenters. The molecule has 0 saturated carbocycles. The molecule has 0 aromatic rings. The Morgan fingerprint density at radius 2 is 1.84 bits per heavy atom. The van der Waals surface area contributed by atoms with Crippen LogP contribution in [0.25, 0.3) is 0 Å². The first kappa shape index (κ1) is 16.9. The summed E-state index contributed by atoms with van der Waals surface area (Å²) >= 11 is 0. The normalized spacial score (nSPS) is 28.3. The van der Waals surface area contributed by atoms with Crippen molar-refractivity contribution < 1.29 is 5.11 Å². The van der Waals surface area contributed by atoms with Gasteiger partial charge in [0.1, 0.15) is 0 Å². The van der Waals surface area contributed by atoms with E-state index in [0.29, 0.717) is 0 Å². The van der Waals surface area contributed by atoms with Gasteiger partial charge < -0.3 is 10.4 Å². The first-order chi connectivity index (χ1) is 9.02. The molecule has 2 N–H and O–H groups in total. The molecule has 1 saturated heterocycles. The van der Waals surface area contributed by atoms with Crippen molar-refractivity contribution in [3.63, 3.8) is 0 Å². The van der Waals surface area contributed by atoms with Crippen LogP contribution in [0.3, 0.4) is 0 Å². The van der Waals surface area contributed by atoms with Crippen LogP contribution in [0.1, 0.15) is 66.2 Å². The third-order valence-electron chi connectivity index (χ3n) is 4.72. The van der Waals surface area contributed by atoms with E-state index < -0.39 is 0 Å². The summed E-state index contributed by atoms with van der Waals surface area (Å²) in [6.45, 7) is 11.3. The van der Waals surface area contributed by atoms with Gasteiger partial charge in [-0.3, -0.25) is 4.90 Å². The summed E-state index contributed by atoms with van der Waals surface area (Å²) in [5, 5.41) is 12.9. The maximum atomic E-state index is 9.48. The van der Waals surface area contributed by atoms with Gasteiger partial charge in [0.15, 0.2) is 0 Å². The second-order valence-corrected chi connectivity index (χ2v) is 6.57. The lowest BCUT2D eigenvalue weighted by atomic mass is 9.94. The van der Waals surface area contributed by atoms with Gasteiger partial charge in [-0.2, -0.15) is 0 Å². The van der Waals surface area contributed by atoms with E-state index in [2.05, 4.69) is 37.9 Å². The van der Waals surface area contributed by atoms with Gasteiger partial charge in [-0.25, -0.2) is 0 Å². The summed E-state index contributed by atoms with van der Waals surface area (Å²) < 4.78 is 0. The van der Waals surface area contributed by atoms with Crippen molar-refractivity contribution >= 4 is 0 Å². The van der Waals surface area contributed by atoms with Crippen LogP contribution in [-0.4, -0.2) is 47.3 Å². The molecule has 0 aliphatic carbocycles. The summed E-state index contributed by atoms with van der Waals surface area (Å²) in [5.41, 5.74) is -0.0894. The maximum Gasteiger partial charge on any atom is 0.0610 e. The van der Waals surface area contributed by atoms with Gasteiger partial charge in [0.25, 0.3) is 0 Å². The second kappa shape index (κ2) is 8.23. The molecular formula is C16H34N2O. The van der Waals surface area contributed by atoms with Gasteiger partial charge in [0.05, 0.1) is 6.61 Å². The summed E-state index contributed by atoms with van der Waals surface area (Å²) in [5.74, 6) is 0. The van der Waals surface area contributed by atoms with Crippen molar-refractivity contribution in [1.82, 2.24) is 10.2 Å². The Morgan fingerprint density at radius 3 is 2.37 bits per heavy atom.